The molecule has 0 amide bonds. The van der Waals surface area contributed by atoms with Crippen LogP contribution in [-0.2, 0) is 0 Å². The van der Waals surface area contributed by atoms with E-state index in [4.69, 9.17) is 9.84 Å². The highest BCUT2D eigenvalue weighted by atomic mass is 79.9. The van der Waals surface area contributed by atoms with Gasteiger partial charge in [-0.25, -0.2) is 9.78 Å². The van der Waals surface area contributed by atoms with Gasteiger partial charge in [0.05, 0.1) is 17.3 Å². The molecule has 0 bridgehead atoms. The Kier molecular flexibility index (Phi) is 4.66. The Morgan fingerprint density at radius 3 is 2.65 bits per heavy atom. The number of hydrogen-bond donors (Lipinski definition) is 2. The molecule has 0 radical (unpaired) electrons. The van der Waals surface area contributed by atoms with Gasteiger partial charge < -0.3 is 15.2 Å². The predicted octanol–water partition coefficient (Wildman–Crippen LogP) is 4.43. The molecule has 0 aliphatic heterocycles. The summed E-state index contributed by atoms with van der Waals surface area (Å²) in [5.41, 5.74) is 0.813. The van der Waals surface area contributed by atoms with Gasteiger partial charge in [-0.1, -0.05) is 0 Å². The number of anilines is 2. The van der Waals surface area contributed by atoms with Crippen molar-refractivity contribution in [1.29, 1.82) is 0 Å². The van der Waals surface area contributed by atoms with Crippen LogP contribution in [0.15, 0.2) is 21.1 Å². The lowest BCUT2D eigenvalue weighted by molar-refractivity contribution is 0.0690. The van der Waals surface area contributed by atoms with E-state index >= 15 is 0 Å². The van der Waals surface area contributed by atoms with E-state index in [0.29, 0.717) is 15.8 Å². The largest absolute Gasteiger partial charge is 0.495 e. The van der Waals surface area contributed by atoms with Crippen molar-refractivity contribution in [3.63, 3.8) is 0 Å². The first-order valence-electron chi connectivity index (χ1n) is 5.43. The van der Waals surface area contributed by atoms with Gasteiger partial charge >= 0.3 is 5.97 Å². The van der Waals surface area contributed by atoms with Gasteiger partial charge in [-0.2, -0.15) is 0 Å². The number of aryl methyl sites for hydroxylation is 1. The van der Waals surface area contributed by atoms with Crippen LogP contribution in [0.1, 0.15) is 15.4 Å². The smallest absolute Gasteiger partial charge is 0.355 e. The van der Waals surface area contributed by atoms with Gasteiger partial charge in [0.25, 0.3) is 0 Å². The van der Waals surface area contributed by atoms with E-state index in [2.05, 4.69) is 42.2 Å². The molecule has 0 fully saturated rings. The summed E-state index contributed by atoms with van der Waals surface area (Å²) in [4.78, 5) is 15.7. The number of ether oxygens (including phenoxy) is 1. The fourth-order valence-electron chi connectivity index (χ4n) is 1.54. The normalized spacial score (nSPS) is 10.4. The van der Waals surface area contributed by atoms with Gasteiger partial charge in [0, 0.05) is 15.4 Å². The molecule has 0 aliphatic rings. The predicted molar refractivity (Wildman–Crippen MR) is 85.5 cm³/mol. The lowest BCUT2D eigenvalue weighted by Gasteiger charge is -2.09. The molecule has 0 saturated carbocycles. The number of halogens is 2. The van der Waals surface area contributed by atoms with E-state index in [1.165, 1.54) is 11.3 Å². The highest BCUT2D eigenvalue weighted by molar-refractivity contribution is 9.11. The monoisotopic (exact) mass is 420 g/mol. The van der Waals surface area contributed by atoms with Crippen LogP contribution in [0.5, 0.6) is 5.75 Å². The Hall–Kier alpha value is -1.12. The third-order valence-electron chi connectivity index (χ3n) is 2.48. The molecule has 0 spiro atoms. The van der Waals surface area contributed by atoms with E-state index in [1.807, 2.05) is 6.07 Å². The number of aromatic carboxylic acids is 1. The van der Waals surface area contributed by atoms with Gasteiger partial charge in [-0.3, -0.25) is 0 Å². The number of nitrogens with zero attached hydrogens (tertiary/aromatic N) is 1. The Morgan fingerprint density at radius 1 is 1.40 bits per heavy atom. The minimum atomic E-state index is -1.03. The van der Waals surface area contributed by atoms with E-state index in [-0.39, 0.29) is 5.69 Å². The second-order valence-corrected chi connectivity index (χ2v) is 6.73. The summed E-state index contributed by atoms with van der Waals surface area (Å²) in [6.07, 6.45) is 0. The maximum atomic E-state index is 11.0. The van der Waals surface area contributed by atoms with Crippen molar-refractivity contribution in [2.75, 3.05) is 12.4 Å². The molecule has 1 aromatic carbocycles. The third-order valence-corrected chi connectivity index (χ3v) is 4.64. The minimum Gasteiger partial charge on any atom is -0.495 e. The van der Waals surface area contributed by atoms with Crippen LogP contribution in [0, 0.1) is 6.92 Å². The van der Waals surface area contributed by atoms with Gasteiger partial charge in [-0.15, -0.1) is 11.3 Å². The van der Waals surface area contributed by atoms with Gasteiger partial charge in [0.1, 0.15) is 5.75 Å². The first-order valence-corrected chi connectivity index (χ1v) is 7.83. The highest BCUT2D eigenvalue weighted by Crippen LogP contribution is 2.36. The molecule has 2 aromatic rings. The van der Waals surface area contributed by atoms with Crippen LogP contribution in [0.2, 0.25) is 0 Å². The number of carboxylic acids is 1. The van der Waals surface area contributed by atoms with Gasteiger partial charge in [0.15, 0.2) is 10.8 Å². The molecule has 0 atom stereocenters. The minimum absolute atomic E-state index is 0.0673. The van der Waals surface area contributed by atoms with Crippen molar-refractivity contribution in [2.24, 2.45) is 0 Å². The Morgan fingerprint density at radius 2 is 2.10 bits per heavy atom. The number of hydrogen-bond acceptors (Lipinski definition) is 5. The third kappa shape index (κ3) is 3.13. The van der Waals surface area contributed by atoms with Crippen LogP contribution < -0.4 is 10.1 Å². The van der Waals surface area contributed by atoms with Crippen LogP contribution in [0.4, 0.5) is 10.8 Å². The number of carboxylic acid groups (broad SMARTS) is 1. The number of nitrogens with one attached hydrogen (secondary N) is 1. The molecule has 8 heteroatoms. The summed E-state index contributed by atoms with van der Waals surface area (Å²) in [6, 6.07) is 3.64. The zero-order chi connectivity index (χ0) is 14.9. The molecule has 0 unspecified atom stereocenters. The zero-order valence-electron chi connectivity index (χ0n) is 10.5. The molecule has 1 heterocycles. The van der Waals surface area contributed by atoms with E-state index in [0.717, 1.165) is 14.6 Å². The molecule has 106 valence electrons. The zero-order valence-corrected chi connectivity index (χ0v) is 14.5. The number of rotatable bonds is 4. The summed E-state index contributed by atoms with van der Waals surface area (Å²) in [7, 11) is 1.58. The average molecular weight is 422 g/mol. The standard InChI is InChI=1S/C12H10Br2N2O3S/c1-5-10(11(17)18)16-12(20-5)15-8-4-9(19-2)7(14)3-6(8)13/h3-4H,1-2H3,(H,15,16)(H,17,18). The number of aromatic nitrogens is 1. The molecule has 1 aromatic heterocycles. The molecular formula is C12H10Br2N2O3S. The molecule has 0 aliphatic carbocycles. The maximum absolute atomic E-state index is 11.0. The first kappa shape index (κ1) is 15.3. The fraction of sp³-hybridized carbons (Fsp3) is 0.167. The maximum Gasteiger partial charge on any atom is 0.355 e. The first-order chi connectivity index (χ1) is 9.42. The second-order valence-electron chi connectivity index (χ2n) is 3.82. The SMILES string of the molecule is COc1cc(Nc2nc(C(=O)O)c(C)s2)c(Br)cc1Br. The number of benzene rings is 1. The summed E-state index contributed by atoms with van der Waals surface area (Å²) >= 11 is 8.11. The molecule has 0 saturated heterocycles. The summed E-state index contributed by atoms with van der Waals surface area (Å²) in [5, 5.41) is 12.6. The van der Waals surface area contributed by atoms with Crippen LogP contribution in [0.25, 0.3) is 0 Å². The quantitative estimate of drug-likeness (QED) is 0.764. The van der Waals surface area contributed by atoms with Crippen molar-refractivity contribution in [2.45, 2.75) is 6.92 Å². The lowest BCUT2D eigenvalue weighted by Crippen LogP contribution is -1.99. The lowest BCUT2D eigenvalue weighted by atomic mass is 10.3. The number of carbonyl (C=O) groups is 1. The van der Waals surface area contributed by atoms with Crippen LogP contribution in [0.3, 0.4) is 0 Å². The van der Waals surface area contributed by atoms with Crippen molar-refractivity contribution in [1.82, 2.24) is 4.98 Å². The molecule has 2 N–H and O–H groups in total. The van der Waals surface area contributed by atoms with Crippen LogP contribution in [-0.4, -0.2) is 23.2 Å². The van der Waals surface area contributed by atoms with E-state index in [1.54, 1.807) is 20.1 Å². The molecular weight excluding hydrogens is 412 g/mol. The number of methoxy groups -OCH3 is 1. The summed E-state index contributed by atoms with van der Waals surface area (Å²) in [5.74, 6) is -0.360. The number of thiazole rings is 1. The van der Waals surface area contributed by atoms with Crippen LogP contribution >= 0.6 is 43.2 Å². The summed E-state index contributed by atoms with van der Waals surface area (Å²) in [6.45, 7) is 1.73. The highest BCUT2D eigenvalue weighted by Gasteiger charge is 2.15. The summed E-state index contributed by atoms with van der Waals surface area (Å²) < 4.78 is 6.86. The van der Waals surface area contributed by atoms with Crippen molar-refractivity contribution >= 4 is 60.0 Å². The topological polar surface area (TPSA) is 71.5 Å². The Balaban J connectivity index is 2.35. The van der Waals surface area contributed by atoms with E-state index in [9.17, 15) is 4.79 Å². The Bertz CT molecular complexity index is 673. The average Bonchev–Trinajstić information content (AvgIpc) is 2.74. The van der Waals surface area contributed by atoms with Gasteiger partial charge in [-0.05, 0) is 44.8 Å². The van der Waals surface area contributed by atoms with Gasteiger partial charge in [0.2, 0.25) is 0 Å². The van der Waals surface area contributed by atoms with Crippen molar-refractivity contribution in [3.8, 4) is 5.75 Å². The van der Waals surface area contributed by atoms with Crippen molar-refractivity contribution in [3.05, 3.63) is 31.6 Å². The Labute approximate surface area is 136 Å². The second kappa shape index (κ2) is 6.11. The molecule has 5 nitrogen and oxygen atoms in total. The van der Waals surface area contributed by atoms with E-state index < -0.39 is 5.97 Å². The van der Waals surface area contributed by atoms with Crippen molar-refractivity contribution < 1.29 is 14.6 Å². The molecule has 2 rings (SSSR count). The fourth-order valence-corrected chi connectivity index (χ4v) is 3.62. The molecule has 20 heavy (non-hydrogen) atoms.